The summed E-state index contributed by atoms with van der Waals surface area (Å²) in [6, 6.07) is 7.05. The van der Waals surface area contributed by atoms with Crippen molar-refractivity contribution in [1.29, 1.82) is 0 Å². The highest BCUT2D eigenvalue weighted by atomic mass is 35.5. The lowest BCUT2D eigenvalue weighted by atomic mass is 9.97. The summed E-state index contributed by atoms with van der Waals surface area (Å²) in [6.45, 7) is 0.245. The molecule has 0 bridgehead atoms. The summed E-state index contributed by atoms with van der Waals surface area (Å²) in [5.74, 6) is -0.858. The fraction of sp³-hybridized carbons (Fsp3) is 0.182. The maximum absolute atomic E-state index is 11.5. The third-order valence-corrected chi connectivity index (χ3v) is 2.81. The molecule has 1 atom stereocenters. The van der Waals surface area contributed by atoms with Crippen molar-refractivity contribution in [2.45, 2.75) is 5.92 Å². The van der Waals surface area contributed by atoms with E-state index in [4.69, 9.17) is 27.9 Å². The molecule has 0 spiro atoms. The molecule has 4 heteroatoms. The van der Waals surface area contributed by atoms with Crippen molar-refractivity contribution >= 4 is 29.2 Å². The number of cyclic esters (lactones) is 1. The number of hydrogen-bond acceptors (Lipinski definition) is 2. The van der Waals surface area contributed by atoms with Crippen molar-refractivity contribution < 1.29 is 9.53 Å². The first kappa shape index (κ1) is 10.5. The highest BCUT2D eigenvalue weighted by Gasteiger charge is 2.28. The van der Waals surface area contributed by atoms with Crippen molar-refractivity contribution in [3.63, 3.8) is 0 Å². The van der Waals surface area contributed by atoms with E-state index < -0.39 is 5.92 Å². The second-order valence-electron chi connectivity index (χ2n) is 3.21. The Morgan fingerprint density at radius 2 is 2.13 bits per heavy atom. The highest BCUT2D eigenvalue weighted by Crippen LogP contribution is 2.32. The van der Waals surface area contributed by atoms with Gasteiger partial charge in [-0.1, -0.05) is 35.3 Å². The van der Waals surface area contributed by atoms with Crippen LogP contribution in [0.15, 0.2) is 35.4 Å². The van der Waals surface area contributed by atoms with Crippen LogP contribution in [0.5, 0.6) is 0 Å². The van der Waals surface area contributed by atoms with Gasteiger partial charge in [-0.05, 0) is 23.8 Å². The summed E-state index contributed by atoms with van der Waals surface area (Å²) in [5.41, 5.74) is 0.758. The van der Waals surface area contributed by atoms with E-state index >= 15 is 0 Å². The number of carbonyl (C=O) groups excluding carboxylic acids is 1. The van der Waals surface area contributed by atoms with Gasteiger partial charge in [-0.2, -0.15) is 0 Å². The minimum Gasteiger partial charge on any atom is -0.461 e. The van der Waals surface area contributed by atoms with Crippen molar-refractivity contribution in [1.82, 2.24) is 0 Å². The van der Waals surface area contributed by atoms with E-state index in [2.05, 4.69) is 0 Å². The molecule has 2 rings (SSSR count). The largest absolute Gasteiger partial charge is 0.461 e. The van der Waals surface area contributed by atoms with Gasteiger partial charge in [0.15, 0.2) is 0 Å². The fourth-order valence-electron chi connectivity index (χ4n) is 1.50. The first-order valence-corrected chi connectivity index (χ1v) is 5.22. The van der Waals surface area contributed by atoms with Gasteiger partial charge in [0, 0.05) is 10.1 Å². The predicted molar refractivity (Wildman–Crippen MR) is 59.1 cm³/mol. The Morgan fingerprint density at radius 1 is 1.33 bits per heavy atom. The van der Waals surface area contributed by atoms with Crippen LogP contribution in [0.25, 0.3) is 0 Å². The summed E-state index contributed by atoms with van der Waals surface area (Å²) >= 11 is 11.8. The number of benzene rings is 1. The molecule has 0 amide bonds. The van der Waals surface area contributed by atoms with E-state index in [1.165, 1.54) is 0 Å². The van der Waals surface area contributed by atoms with Crippen LogP contribution in [-0.4, -0.2) is 12.6 Å². The zero-order valence-corrected chi connectivity index (χ0v) is 9.26. The summed E-state index contributed by atoms with van der Waals surface area (Å²) in [6.07, 6.45) is 1.69. The molecule has 0 N–H and O–H groups in total. The van der Waals surface area contributed by atoms with Gasteiger partial charge in [0.05, 0.1) is 0 Å². The van der Waals surface area contributed by atoms with Gasteiger partial charge in [0.2, 0.25) is 0 Å². The molecule has 78 valence electrons. The maximum Gasteiger partial charge on any atom is 0.319 e. The SMILES string of the molecule is O=C1OCC=C(Cl)C1c1cccc(Cl)c1. The highest BCUT2D eigenvalue weighted by molar-refractivity contribution is 6.32. The quantitative estimate of drug-likeness (QED) is 0.708. The van der Waals surface area contributed by atoms with E-state index in [-0.39, 0.29) is 12.6 Å². The molecule has 1 unspecified atom stereocenters. The molecule has 0 saturated heterocycles. The minimum atomic E-state index is -0.529. The maximum atomic E-state index is 11.5. The molecule has 1 heterocycles. The number of hydrogen-bond donors (Lipinski definition) is 0. The average molecular weight is 243 g/mol. The lowest BCUT2D eigenvalue weighted by Gasteiger charge is -2.19. The Hall–Kier alpha value is -0.990. The summed E-state index contributed by atoms with van der Waals surface area (Å²) < 4.78 is 4.91. The molecular weight excluding hydrogens is 235 g/mol. The van der Waals surface area contributed by atoms with Crippen LogP contribution in [0.3, 0.4) is 0 Å². The molecule has 1 aromatic rings. The number of esters is 1. The topological polar surface area (TPSA) is 26.3 Å². The molecular formula is C11H8Cl2O2. The molecule has 15 heavy (non-hydrogen) atoms. The second-order valence-corrected chi connectivity index (χ2v) is 4.08. The first-order valence-electron chi connectivity index (χ1n) is 4.46. The number of ether oxygens (including phenoxy) is 1. The number of rotatable bonds is 1. The van der Waals surface area contributed by atoms with Crippen LogP contribution in [0.1, 0.15) is 11.5 Å². The van der Waals surface area contributed by atoms with Crippen molar-refractivity contribution in [2.75, 3.05) is 6.61 Å². The third-order valence-electron chi connectivity index (χ3n) is 2.20. The zero-order chi connectivity index (χ0) is 10.8. The Balaban J connectivity index is 2.40. The summed E-state index contributed by atoms with van der Waals surface area (Å²) in [4.78, 5) is 11.5. The molecule has 0 fully saturated rings. The van der Waals surface area contributed by atoms with Gasteiger partial charge >= 0.3 is 5.97 Å². The van der Waals surface area contributed by atoms with Gasteiger partial charge in [-0.15, -0.1) is 0 Å². The lowest BCUT2D eigenvalue weighted by molar-refractivity contribution is -0.144. The lowest BCUT2D eigenvalue weighted by Crippen LogP contribution is -2.20. The van der Waals surface area contributed by atoms with Crippen LogP contribution in [0.4, 0.5) is 0 Å². The van der Waals surface area contributed by atoms with Crippen molar-refractivity contribution in [2.24, 2.45) is 0 Å². The zero-order valence-electron chi connectivity index (χ0n) is 7.74. The van der Waals surface area contributed by atoms with Crippen LogP contribution in [0, 0.1) is 0 Å². The number of halogens is 2. The van der Waals surface area contributed by atoms with Crippen molar-refractivity contribution in [3.05, 3.63) is 46.0 Å². The van der Waals surface area contributed by atoms with Crippen LogP contribution in [0.2, 0.25) is 5.02 Å². The Labute approximate surface area is 97.4 Å². The molecule has 0 saturated carbocycles. The third kappa shape index (κ3) is 2.16. The summed E-state index contributed by atoms with van der Waals surface area (Å²) in [7, 11) is 0. The summed E-state index contributed by atoms with van der Waals surface area (Å²) in [5, 5.41) is 1.07. The predicted octanol–water partition coefficient (Wildman–Crippen LogP) is 3.10. The molecule has 2 nitrogen and oxygen atoms in total. The van der Waals surface area contributed by atoms with E-state index in [0.717, 1.165) is 5.56 Å². The first-order chi connectivity index (χ1) is 7.18. The second kappa shape index (κ2) is 4.25. The van der Waals surface area contributed by atoms with Gasteiger partial charge in [0.1, 0.15) is 12.5 Å². The molecule has 1 aromatic carbocycles. The Morgan fingerprint density at radius 3 is 2.80 bits per heavy atom. The van der Waals surface area contributed by atoms with Gasteiger partial charge in [-0.3, -0.25) is 4.79 Å². The minimum absolute atomic E-state index is 0.245. The van der Waals surface area contributed by atoms with E-state index in [1.807, 2.05) is 0 Å². The van der Waals surface area contributed by atoms with Crippen LogP contribution >= 0.6 is 23.2 Å². The van der Waals surface area contributed by atoms with E-state index in [9.17, 15) is 4.79 Å². The van der Waals surface area contributed by atoms with Crippen LogP contribution < -0.4 is 0 Å². The van der Waals surface area contributed by atoms with E-state index in [0.29, 0.717) is 10.1 Å². The molecule has 0 aliphatic carbocycles. The number of carbonyl (C=O) groups is 1. The Kier molecular flexibility index (Phi) is 2.98. The van der Waals surface area contributed by atoms with Gasteiger partial charge < -0.3 is 4.74 Å². The Bertz CT molecular complexity index is 426. The average Bonchev–Trinajstić information content (AvgIpc) is 2.17. The molecule has 1 aliphatic heterocycles. The fourth-order valence-corrected chi connectivity index (χ4v) is 1.98. The normalized spacial score (nSPS) is 20.8. The van der Waals surface area contributed by atoms with Gasteiger partial charge in [0.25, 0.3) is 0 Å². The smallest absolute Gasteiger partial charge is 0.319 e. The van der Waals surface area contributed by atoms with Gasteiger partial charge in [-0.25, -0.2) is 0 Å². The molecule has 0 aromatic heterocycles. The van der Waals surface area contributed by atoms with Crippen molar-refractivity contribution in [3.8, 4) is 0 Å². The van der Waals surface area contributed by atoms with Crippen LogP contribution in [-0.2, 0) is 9.53 Å². The molecule has 0 radical (unpaired) electrons. The monoisotopic (exact) mass is 242 g/mol. The standard InChI is InChI=1S/C11H8Cl2O2/c12-8-3-1-2-7(6-8)10-9(13)4-5-15-11(10)14/h1-4,6,10H,5H2. The van der Waals surface area contributed by atoms with E-state index in [1.54, 1.807) is 30.3 Å². The molecule has 1 aliphatic rings.